The number of carbonyl (C=O) groups excluding carboxylic acids is 1. The summed E-state index contributed by atoms with van der Waals surface area (Å²) in [6.45, 7) is 1.41. The van der Waals surface area contributed by atoms with Crippen LogP contribution in [0.1, 0.15) is 12.5 Å². The van der Waals surface area contributed by atoms with Crippen molar-refractivity contribution in [3.63, 3.8) is 0 Å². The zero-order valence-corrected chi connectivity index (χ0v) is 14.1. The van der Waals surface area contributed by atoms with Gasteiger partial charge in [-0.05, 0) is 31.2 Å². The number of amides is 1. The number of hydrogen-bond acceptors (Lipinski definition) is 4. The zero-order valence-electron chi connectivity index (χ0n) is 13.3. The number of anilines is 2. The third kappa shape index (κ3) is 4.85. The molecule has 0 aliphatic rings. The van der Waals surface area contributed by atoms with Crippen molar-refractivity contribution in [2.24, 2.45) is 0 Å². The number of nitrogens with zero attached hydrogens (tertiary/aromatic N) is 1. The minimum atomic E-state index is -4.69. The van der Waals surface area contributed by atoms with Crippen LogP contribution in [0.3, 0.4) is 0 Å². The third-order valence-corrected chi connectivity index (χ3v) is 3.61. The minimum absolute atomic E-state index is 0.113. The Bertz CT molecular complexity index is 843. The number of carbonyl (C=O) groups is 1. The summed E-state index contributed by atoms with van der Waals surface area (Å²) < 4.78 is 39.2. The molecular weight excluding hydrogens is 375 g/mol. The van der Waals surface area contributed by atoms with Gasteiger partial charge in [0.1, 0.15) is 6.04 Å². The van der Waals surface area contributed by atoms with Crippen LogP contribution in [0.4, 0.5) is 30.2 Å². The quantitative estimate of drug-likeness (QED) is 0.575. The number of rotatable bonds is 5. The molecule has 2 N–H and O–H groups in total. The normalized spacial score (nSPS) is 12.3. The second-order valence-corrected chi connectivity index (χ2v) is 5.79. The van der Waals surface area contributed by atoms with Crippen LogP contribution in [0.15, 0.2) is 42.5 Å². The average molecular weight is 388 g/mol. The number of nitro groups is 1. The predicted octanol–water partition coefficient (Wildman–Crippen LogP) is 4.71. The van der Waals surface area contributed by atoms with Crippen LogP contribution >= 0.6 is 11.6 Å². The molecule has 0 bridgehead atoms. The fourth-order valence-corrected chi connectivity index (χ4v) is 2.30. The van der Waals surface area contributed by atoms with Crippen LogP contribution in [0.25, 0.3) is 0 Å². The highest BCUT2D eigenvalue weighted by molar-refractivity contribution is 6.30. The number of nitrogens with one attached hydrogen (secondary N) is 2. The average Bonchev–Trinajstić information content (AvgIpc) is 2.55. The molecule has 0 spiro atoms. The van der Waals surface area contributed by atoms with Crippen molar-refractivity contribution >= 4 is 34.6 Å². The van der Waals surface area contributed by atoms with E-state index in [1.165, 1.54) is 37.3 Å². The topological polar surface area (TPSA) is 84.3 Å². The molecule has 0 saturated carbocycles. The Morgan fingerprint density at radius 3 is 2.54 bits per heavy atom. The molecule has 10 heteroatoms. The van der Waals surface area contributed by atoms with Gasteiger partial charge >= 0.3 is 6.18 Å². The first-order valence-corrected chi connectivity index (χ1v) is 7.64. The van der Waals surface area contributed by atoms with E-state index in [1.54, 1.807) is 0 Å². The zero-order chi connectivity index (χ0) is 19.5. The van der Waals surface area contributed by atoms with Gasteiger partial charge in [-0.1, -0.05) is 17.7 Å². The standard InChI is InChI=1S/C16H13ClF3N3O3/c1-9(21-11-3-2-4-12(8-11)23(25)26)15(24)22-14-6-5-10(17)7-13(14)16(18,19)20/h2-9,21H,1H3,(H,22,24)/t9-/m1/s1. The summed E-state index contributed by atoms with van der Waals surface area (Å²) in [7, 11) is 0. The van der Waals surface area contributed by atoms with Crippen molar-refractivity contribution in [2.75, 3.05) is 10.6 Å². The number of non-ortho nitro benzene ring substituents is 1. The summed E-state index contributed by atoms with van der Waals surface area (Å²) in [6.07, 6.45) is -4.69. The Labute approximate surface area is 151 Å². The SMILES string of the molecule is C[C@@H](Nc1cccc([N+](=O)[O-])c1)C(=O)Nc1ccc(Cl)cc1C(F)(F)F. The van der Waals surface area contributed by atoms with Crippen molar-refractivity contribution in [1.29, 1.82) is 0 Å². The molecule has 2 aromatic rings. The van der Waals surface area contributed by atoms with Gasteiger partial charge in [0.05, 0.1) is 16.2 Å². The lowest BCUT2D eigenvalue weighted by Gasteiger charge is -2.18. The second-order valence-electron chi connectivity index (χ2n) is 5.35. The molecule has 2 rings (SSSR count). The highest BCUT2D eigenvalue weighted by atomic mass is 35.5. The Balaban J connectivity index is 2.15. The number of halogens is 4. The number of benzene rings is 2. The number of alkyl halides is 3. The van der Waals surface area contributed by atoms with Crippen LogP contribution in [0.2, 0.25) is 5.02 Å². The maximum atomic E-state index is 13.1. The van der Waals surface area contributed by atoms with Crippen molar-refractivity contribution in [3.8, 4) is 0 Å². The van der Waals surface area contributed by atoms with Crippen molar-refractivity contribution < 1.29 is 22.9 Å². The van der Waals surface area contributed by atoms with E-state index in [2.05, 4.69) is 10.6 Å². The molecule has 0 heterocycles. The van der Waals surface area contributed by atoms with Gasteiger partial charge in [0.2, 0.25) is 5.91 Å². The van der Waals surface area contributed by atoms with Gasteiger partial charge in [-0.3, -0.25) is 14.9 Å². The van der Waals surface area contributed by atoms with Gasteiger partial charge in [0.15, 0.2) is 0 Å². The molecule has 0 aliphatic heterocycles. The Kier molecular flexibility index (Phi) is 5.71. The van der Waals surface area contributed by atoms with Crippen molar-refractivity contribution in [1.82, 2.24) is 0 Å². The van der Waals surface area contributed by atoms with E-state index in [9.17, 15) is 28.1 Å². The first-order chi connectivity index (χ1) is 12.1. The number of nitro benzene ring substituents is 1. The van der Waals surface area contributed by atoms with Crippen molar-refractivity contribution in [2.45, 2.75) is 19.1 Å². The molecule has 0 saturated heterocycles. The lowest BCUT2D eigenvalue weighted by atomic mass is 10.1. The van der Waals surface area contributed by atoms with Crippen LogP contribution in [-0.2, 0) is 11.0 Å². The fourth-order valence-electron chi connectivity index (χ4n) is 2.13. The lowest BCUT2D eigenvalue weighted by Crippen LogP contribution is -2.32. The molecule has 0 unspecified atom stereocenters. The van der Waals surface area contributed by atoms with Gasteiger partial charge in [-0.25, -0.2) is 0 Å². The van der Waals surface area contributed by atoms with Gasteiger partial charge in [-0.15, -0.1) is 0 Å². The molecule has 1 atom stereocenters. The predicted molar refractivity (Wildman–Crippen MR) is 91.3 cm³/mol. The van der Waals surface area contributed by atoms with E-state index in [4.69, 9.17) is 11.6 Å². The van der Waals surface area contributed by atoms with Crippen LogP contribution in [0.5, 0.6) is 0 Å². The van der Waals surface area contributed by atoms with Gasteiger partial charge in [-0.2, -0.15) is 13.2 Å². The van der Waals surface area contributed by atoms with Crippen LogP contribution in [-0.4, -0.2) is 16.9 Å². The van der Waals surface area contributed by atoms with E-state index in [0.29, 0.717) is 0 Å². The van der Waals surface area contributed by atoms with Crippen LogP contribution in [0, 0.1) is 10.1 Å². The Hall–Kier alpha value is -2.81. The molecule has 1 amide bonds. The van der Waals surface area contributed by atoms with E-state index in [1.807, 2.05) is 0 Å². The maximum absolute atomic E-state index is 13.1. The highest BCUT2D eigenvalue weighted by Gasteiger charge is 2.34. The molecule has 0 fully saturated rings. The molecule has 138 valence electrons. The summed E-state index contributed by atoms with van der Waals surface area (Å²) in [6, 6.07) is 7.47. The van der Waals surface area contributed by atoms with Gasteiger partial charge in [0, 0.05) is 22.8 Å². The van der Waals surface area contributed by atoms with Crippen molar-refractivity contribution in [3.05, 3.63) is 63.2 Å². The Morgan fingerprint density at radius 2 is 1.92 bits per heavy atom. The van der Waals surface area contributed by atoms with E-state index in [-0.39, 0.29) is 16.4 Å². The first kappa shape index (κ1) is 19.5. The summed E-state index contributed by atoms with van der Waals surface area (Å²) >= 11 is 5.59. The smallest absolute Gasteiger partial charge is 0.374 e. The largest absolute Gasteiger partial charge is 0.418 e. The molecule has 2 aromatic carbocycles. The van der Waals surface area contributed by atoms with E-state index in [0.717, 1.165) is 12.1 Å². The molecular formula is C16H13ClF3N3O3. The second kappa shape index (κ2) is 7.61. The van der Waals surface area contributed by atoms with Gasteiger partial charge < -0.3 is 10.6 Å². The summed E-state index contributed by atoms with van der Waals surface area (Å²) in [5, 5.41) is 15.5. The monoisotopic (exact) mass is 387 g/mol. The Morgan fingerprint density at radius 1 is 1.23 bits per heavy atom. The maximum Gasteiger partial charge on any atom is 0.418 e. The highest BCUT2D eigenvalue weighted by Crippen LogP contribution is 2.36. The fraction of sp³-hybridized carbons (Fsp3) is 0.188. The molecule has 6 nitrogen and oxygen atoms in total. The first-order valence-electron chi connectivity index (χ1n) is 7.26. The molecule has 0 aliphatic carbocycles. The molecule has 0 aromatic heterocycles. The molecule has 26 heavy (non-hydrogen) atoms. The summed E-state index contributed by atoms with van der Waals surface area (Å²) in [5.41, 5.74) is -1.39. The molecule has 0 radical (unpaired) electrons. The van der Waals surface area contributed by atoms with E-state index >= 15 is 0 Å². The minimum Gasteiger partial charge on any atom is -0.374 e. The third-order valence-electron chi connectivity index (χ3n) is 3.38. The number of hydrogen-bond donors (Lipinski definition) is 2. The summed E-state index contributed by atoms with van der Waals surface area (Å²) in [5.74, 6) is -0.746. The van der Waals surface area contributed by atoms with E-state index < -0.39 is 34.3 Å². The van der Waals surface area contributed by atoms with Crippen LogP contribution < -0.4 is 10.6 Å². The lowest BCUT2D eigenvalue weighted by molar-refractivity contribution is -0.384. The van der Waals surface area contributed by atoms with Gasteiger partial charge in [0.25, 0.3) is 5.69 Å². The summed E-state index contributed by atoms with van der Waals surface area (Å²) in [4.78, 5) is 22.3.